The minimum atomic E-state index is -4.13. The molecule has 1 aromatic rings. The molecule has 0 aliphatic heterocycles. The minimum absolute atomic E-state index is 0.0362. The molecule has 0 aliphatic rings. The highest BCUT2D eigenvalue weighted by Crippen LogP contribution is 2.29. The third-order valence-corrected chi connectivity index (χ3v) is 4.24. The van der Waals surface area contributed by atoms with Gasteiger partial charge in [-0.05, 0) is 53.9 Å². The Morgan fingerprint density at radius 3 is 2.45 bits per heavy atom. The van der Waals surface area contributed by atoms with Crippen molar-refractivity contribution in [2.45, 2.75) is 37.9 Å². The van der Waals surface area contributed by atoms with Crippen LogP contribution < -0.4 is 11.1 Å². The Balaban J connectivity index is 2.66. The highest BCUT2D eigenvalue weighted by Gasteiger charge is 2.29. The molecule has 0 saturated heterocycles. The van der Waals surface area contributed by atoms with Crippen LogP contribution in [-0.4, -0.2) is 18.3 Å². The van der Waals surface area contributed by atoms with Crippen molar-refractivity contribution in [3.05, 3.63) is 27.7 Å². The zero-order valence-electron chi connectivity index (χ0n) is 11.0. The zero-order valence-corrected chi connectivity index (χ0v) is 13.4. The summed E-state index contributed by atoms with van der Waals surface area (Å²) >= 11 is 9.26. The molecule has 0 heterocycles. The molecule has 0 saturated carbocycles. The predicted molar refractivity (Wildman–Crippen MR) is 80.1 cm³/mol. The molecule has 7 heteroatoms. The van der Waals surface area contributed by atoms with Crippen LogP contribution in [0.15, 0.2) is 22.7 Å². The molecule has 1 atom stereocenters. The van der Waals surface area contributed by atoms with Crippen molar-refractivity contribution in [2.75, 3.05) is 11.9 Å². The van der Waals surface area contributed by atoms with Crippen LogP contribution in [0.5, 0.6) is 0 Å². The lowest BCUT2D eigenvalue weighted by molar-refractivity contribution is -0.136. The normalized spacial score (nSPS) is 14.9. The fourth-order valence-corrected chi connectivity index (χ4v) is 2.24. The van der Waals surface area contributed by atoms with Crippen LogP contribution in [0.4, 0.5) is 18.9 Å². The number of nitrogens with one attached hydrogen (secondary N) is 1. The van der Waals surface area contributed by atoms with E-state index in [-0.39, 0.29) is 13.0 Å². The molecule has 0 spiro atoms. The SMILES string of the molecule is CC(CN)(CCCC(F)(F)F)Nc1ccc(Br)c(Cl)c1. The molecule has 0 radical (unpaired) electrons. The third-order valence-electron chi connectivity index (χ3n) is 3.01. The monoisotopic (exact) mass is 372 g/mol. The van der Waals surface area contributed by atoms with Crippen LogP contribution in [0.3, 0.4) is 0 Å². The topological polar surface area (TPSA) is 38.0 Å². The van der Waals surface area contributed by atoms with Crippen LogP contribution in [0.2, 0.25) is 5.02 Å². The van der Waals surface area contributed by atoms with Gasteiger partial charge in [0.05, 0.1) is 5.02 Å². The summed E-state index contributed by atoms with van der Waals surface area (Å²) in [6, 6.07) is 5.29. The summed E-state index contributed by atoms with van der Waals surface area (Å²) in [6.45, 7) is 2.04. The van der Waals surface area contributed by atoms with Gasteiger partial charge in [0.15, 0.2) is 0 Å². The molecule has 0 bridgehead atoms. The summed E-state index contributed by atoms with van der Waals surface area (Å²) in [5.74, 6) is 0. The Morgan fingerprint density at radius 1 is 1.30 bits per heavy atom. The molecule has 0 aliphatic carbocycles. The average molecular weight is 374 g/mol. The van der Waals surface area contributed by atoms with Gasteiger partial charge in [-0.15, -0.1) is 0 Å². The van der Waals surface area contributed by atoms with E-state index in [4.69, 9.17) is 17.3 Å². The molecule has 0 aromatic heterocycles. The van der Waals surface area contributed by atoms with Gasteiger partial charge >= 0.3 is 6.18 Å². The smallest absolute Gasteiger partial charge is 0.379 e. The van der Waals surface area contributed by atoms with Crippen molar-refractivity contribution in [1.29, 1.82) is 0 Å². The van der Waals surface area contributed by atoms with Crippen molar-refractivity contribution in [3.63, 3.8) is 0 Å². The van der Waals surface area contributed by atoms with Crippen molar-refractivity contribution in [3.8, 4) is 0 Å². The Morgan fingerprint density at radius 2 is 1.95 bits per heavy atom. The largest absolute Gasteiger partial charge is 0.389 e. The predicted octanol–water partition coefficient (Wildman–Crippen LogP) is 4.96. The first-order valence-corrected chi connectivity index (χ1v) is 7.32. The fourth-order valence-electron chi connectivity index (χ4n) is 1.82. The second-order valence-electron chi connectivity index (χ2n) is 4.99. The van der Waals surface area contributed by atoms with Gasteiger partial charge in [-0.1, -0.05) is 11.6 Å². The summed E-state index contributed by atoms with van der Waals surface area (Å²) in [5.41, 5.74) is 5.83. The zero-order chi connectivity index (χ0) is 15.4. The third kappa shape index (κ3) is 5.89. The summed E-state index contributed by atoms with van der Waals surface area (Å²) in [5, 5.41) is 3.69. The standard InChI is InChI=1S/C13H17BrClF3N2/c1-12(8-19,5-2-6-13(16,17)18)20-9-3-4-10(14)11(15)7-9/h3-4,7,20H,2,5-6,8,19H2,1H3. The lowest BCUT2D eigenvalue weighted by atomic mass is 9.94. The molecule has 1 unspecified atom stereocenters. The van der Waals surface area contributed by atoms with Crippen molar-refractivity contribution >= 4 is 33.2 Å². The molecule has 0 fully saturated rings. The maximum absolute atomic E-state index is 12.2. The van der Waals surface area contributed by atoms with Gasteiger partial charge in [0.25, 0.3) is 0 Å². The van der Waals surface area contributed by atoms with E-state index in [9.17, 15) is 13.2 Å². The maximum atomic E-state index is 12.2. The van der Waals surface area contributed by atoms with E-state index in [0.29, 0.717) is 11.4 Å². The number of hydrogen-bond acceptors (Lipinski definition) is 2. The summed E-state index contributed by atoms with van der Waals surface area (Å²) in [6.07, 6.45) is -4.56. The number of alkyl halides is 3. The van der Waals surface area contributed by atoms with Crippen LogP contribution in [0.1, 0.15) is 26.2 Å². The van der Waals surface area contributed by atoms with E-state index in [0.717, 1.165) is 10.2 Å². The lowest BCUT2D eigenvalue weighted by Crippen LogP contribution is -2.42. The molecule has 1 aromatic carbocycles. The summed E-state index contributed by atoms with van der Waals surface area (Å²) < 4.78 is 37.3. The van der Waals surface area contributed by atoms with E-state index in [1.165, 1.54) is 0 Å². The van der Waals surface area contributed by atoms with Gasteiger partial charge < -0.3 is 11.1 Å². The molecule has 3 N–H and O–H groups in total. The van der Waals surface area contributed by atoms with E-state index < -0.39 is 18.1 Å². The van der Waals surface area contributed by atoms with Crippen LogP contribution in [0.25, 0.3) is 0 Å². The number of halogens is 5. The lowest BCUT2D eigenvalue weighted by Gasteiger charge is -2.31. The second kappa shape index (κ2) is 7.00. The first-order chi connectivity index (χ1) is 9.15. The highest BCUT2D eigenvalue weighted by molar-refractivity contribution is 9.10. The second-order valence-corrected chi connectivity index (χ2v) is 6.25. The first-order valence-electron chi connectivity index (χ1n) is 6.15. The number of benzene rings is 1. The van der Waals surface area contributed by atoms with Gasteiger partial charge in [0.1, 0.15) is 0 Å². The number of anilines is 1. The summed E-state index contributed by atoms with van der Waals surface area (Å²) in [7, 11) is 0. The number of rotatable bonds is 6. The molecule has 114 valence electrons. The fraction of sp³-hybridized carbons (Fsp3) is 0.538. The van der Waals surface area contributed by atoms with Gasteiger partial charge in [0, 0.05) is 28.7 Å². The quantitative estimate of drug-likeness (QED) is 0.739. The van der Waals surface area contributed by atoms with Crippen molar-refractivity contribution in [1.82, 2.24) is 0 Å². The molecular formula is C13H17BrClF3N2. The number of hydrogen-bond donors (Lipinski definition) is 2. The van der Waals surface area contributed by atoms with Crippen molar-refractivity contribution in [2.24, 2.45) is 5.73 Å². The Bertz CT molecular complexity index is 454. The Hall–Kier alpha value is -0.460. The van der Waals surface area contributed by atoms with Gasteiger partial charge in [-0.2, -0.15) is 13.2 Å². The van der Waals surface area contributed by atoms with E-state index in [1.54, 1.807) is 25.1 Å². The van der Waals surface area contributed by atoms with Gasteiger partial charge in [-0.3, -0.25) is 0 Å². The van der Waals surface area contributed by atoms with Gasteiger partial charge in [-0.25, -0.2) is 0 Å². The van der Waals surface area contributed by atoms with Crippen molar-refractivity contribution < 1.29 is 13.2 Å². The number of nitrogens with two attached hydrogens (primary N) is 1. The van der Waals surface area contributed by atoms with Crippen LogP contribution >= 0.6 is 27.5 Å². The molecular weight excluding hydrogens is 357 g/mol. The Kier molecular flexibility index (Phi) is 6.16. The maximum Gasteiger partial charge on any atom is 0.389 e. The van der Waals surface area contributed by atoms with Crippen LogP contribution in [-0.2, 0) is 0 Å². The highest BCUT2D eigenvalue weighted by atomic mass is 79.9. The Labute approximate surface area is 130 Å². The molecule has 1 rings (SSSR count). The van der Waals surface area contributed by atoms with E-state index in [2.05, 4.69) is 21.2 Å². The molecule has 2 nitrogen and oxygen atoms in total. The first kappa shape index (κ1) is 17.6. The molecule has 20 heavy (non-hydrogen) atoms. The van der Waals surface area contributed by atoms with Gasteiger partial charge in [0.2, 0.25) is 0 Å². The van der Waals surface area contributed by atoms with Crippen LogP contribution in [0, 0.1) is 0 Å². The molecule has 0 amide bonds. The van der Waals surface area contributed by atoms with E-state index in [1.807, 2.05) is 0 Å². The van der Waals surface area contributed by atoms with E-state index >= 15 is 0 Å². The minimum Gasteiger partial charge on any atom is -0.379 e. The summed E-state index contributed by atoms with van der Waals surface area (Å²) in [4.78, 5) is 0. The average Bonchev–Trinajstić information content (AvgIpc) is 2.32.